The molecule has 4 nitrogen and oxygen atoms in total. The van der Waals surface area contributed by atoms with Gasteiger partial charge in [-0.2, -0.15) is 0 Å². The molecule has 3 aromatic carbocycles. The second-order valence-corrected chi connectivity index (χ2v) is 4.94. The molecule has 124 valence electrons. The Kier molecular flexibility index (Phi) is 7.91. The summed E-state index contributed by atoms with van der Waals surface area (Å²) in [5.41, 5.74) is 13.2. The van der Waals surface area contributed by atoms with Crippen LogP contribution in [0.15, 0.2) is 91.0 Å². The highest BCUT2D eigenvalue weighted by Gasteiger charge is 2.23. The Labute approximate surface area is 142 Å². The van der Waals surface area contributed by atoms with E-state index in [1.54, 1.807) is 24.3 Å². The molecule has 0 aliphatic rings. The first-order valence-electron chi connectivity index (χ1n) is 7.32. The van der Waals surface area contributed by atoms with Crippen molar-refractivity contribution in [3.8, 4) is 5.75 Å². The maximum Gasteiger partial charge on any atom is 0.116 e. The molecule has 0 amide bonds. The third-order valence-electron chi connectivity index (χ3n) is 3.26. The summed E-state index contributed by atoms with van der Waals surface area (Å²) in [7, 11) is 0. The first kappa shape index (κ1) is 19.1. The lowest BCUT2D eigenvalue weighted by atomic mass is 9.93. The maximum absolute atomic E-state index is 8.63. The van der Waals surface area contributed by atoms with Crippen molar-refractivity contribution in [3.63, 3.8) is 0 Å². The number of benzene rings is 3. The number of phenols is 1. The fourth-order valence-corrected chi connectivity index (χ4v) is 2.02. The predicted octanol–water partition coefficient (Wildman–Crippen LogP) is 3.01. The van der Waals surface area contributed by atoms with E-state index >= 15 is 0 Å². The SMILES string of the molecule is C=O.NC(N)(c1ccccc1)c1ccccc1.Oc1ccccc1. The van der Waals surface area contributed by atoms with Crippen LogP contribution in [0.2, 0.25) is 0 Å². The van der Waals surface area contributed by atoms with Crippen LogP contribution in [0.4, 0.5) is 0 Å². The lowest BCUT2D eigenvalue weighted by Gasteiger charge is -2.25. The molecule has 3 rings (SSSR count). The van der Waals surface area contributed by atoms with Crippen molar-refractivity contribution >= 4 is 6.79 Å². The van der Waals surface area contributed by atoms with Crippen molar-refractivity contribution in [3.05, 3.63) is 102 Å². The van der Waals surface area contributed by atoms with Gasteiger partial charge >= 0.3 is 0 Å². The Bertz CT molecular complexity index is 645. The molecule has 24 heavy (non-hydrogen) atoms. The quantitative estimate of drug-likeness (QED) is 0.633. The highest BCUT2D eigenvalue weighted by molar-refractivity contribution is 5.35. The zero-order valence-electron chi connectivity index (χ0n) is 13.4. The van der Waals surface area contributed by atoms with Crippen LogP contribution in [0.5, 0.6) is 5.75 Å². The maximum atomic E-state index is 8.63. The van der Waals surface area contributed by atoms with Gasteiger partial charge in [-0.25, -0.2) is 0 Å². The van der Waals surface area contributed by atoms with E-state index in [1.165, 1.54) is 0 Å². The fourth-order valence-electron chi connectivity index (χ4n) is 2.02. The summed E-state index contributed by atoms with van der Waals surface area (Å²) in [6.45, 7) is 2.00. The molecule has 3 aromatic rings. The average molecular weight is 322 g/mol. The first-order valence-corrected chi connectivity index (χ1v) is 7.32. The lowest BCUT2D eigenvalue weighted by molar-refractivity contribution is -0.0979. The molecule has 4 heteroatoms. The molecule has 0 spiro atoms. The van der Waals surface area contributed by atoms with Gasteiger partial charge in [0.05, 0.1) is 0 Å². The summed E-state index contributed by atoms with van der Waals surface area (Å²) < 4.78 is 0. The molecular weight excluding hydrogens is 300 g/mol. The minimum Gasteiger partial charge on any atom is -0.508 e. The van der Waals surface area contributed by atoms with Gasteiger partial charge in [0, 0.05) is 0 Å². The van der Waals surface area contributed by atoms with Gasteiger partial charge in [0.25, 0.3) is 0 Å². The Hall–Kier alpha value is -2.95. The molecule has 0 atom stereocenters. The number of phenolic OH excluding ortho intramolecular Hbond substituents is 1. The van der Waals surface area contributed by atoms with Gasteiger partial charge in [-0.05, 0) is 23.3 Å². The van der Waals surface area contributed by atoms with E-state index in [4.69, 9.17) is 21.4 Å². The largest absolute Gasteiger partial charge is 0.508 e. The molecule has 0 saturated heterocycles. The lowest BCUT2D eigenvalue weighted by Crippen LogP contribution is -2.46. The normalized spacial score (nSPS) is 9.75. The third-order valence-corrected chi connectivity index (χ3v) is 3.26. The molecule has 0 aromatic heterocycles. The smallest absolute Gasteiger partial charge is 0.116 e. The van der Waals surface area contributed by atoms with Crippen LogP contribution in [0.3, 0.4) is 0 Å². The number of para-hydroxylation sites is 1. The van der Waals surface area contributed by atoms with Crippen molar-refractivity contribution in [1.29, 1.82) is 0 Å². The third kappa shape index (κ3) is 5.68. The molecule has 0 saturated carbocycles. The molecule has 0 radical (unpaired) electrons. The first-order chi connectivity index (χ1) is 11.6. The summed E-state index contributed by atoms with van der Waals surface area (Å²) in [6, 6.07) is 28.1. The monoisotopic (exact) mass is 322 g/mol. The Morgan fingerprint density at radius 2 is 0.917 bits per heavy atom. The Balaban J connectivity index is 0.000000268. The Morgan fingerprint density at radius 3 is 1.17 bits per heavy atom. The van der Waals surface area contributed by atoms with Gasteiger partial charge in [-0.15, -0.1) is 0 Å². The van der Waals surface area contributed by atoms with Gasteiger partial charge in [-0.1, -0.05) is 78.9 Å². The number of aromatic hydroxyl groups is 1. The molecule has 5 N–H and O–H groups in total. The van der Waals surface area contributed by atoms with Crippen molar-refractivity contribution < 1.29 is 9.90 Å². The van der Waals surface area contributed by atoms with Crippen molar-refractivity contribution in [2.75, 3.05) is 0 Å². The average Bonchev–Trinajstić information content (AvgIpc) is 2.66. The summed E-state index contributed by atoms with van der Waals surface area (Å²) in [5.74, 6) is 0.322. The minimum atomic E-state index is -0.914. The summed E-state index contributed by atoms with van der Waals surface area (Å²) in [4.78, 5) is 8.00. The molecule has 0 fully saturated rings. The van der Waals surface area contributed by atoms with Gasteiger partial charge in [0.1, 0.15) is 18.2 Å². The van der Waals surface area contributed by atoms with Crippen molar-refractivity contribution in [2.24, 2.45) is 11.5 Å². The molecule has 0 heterocycles. The van der Waals surface area contributed by atoms with Crippen LogP contribution in [-0.2, 0) is 10.5 Å². The van der Waals surface area contributed by atoms with Crippen LogP contribution in [-0.4, -0.2) is 11.9 Å². The van der Waals surface area contributed by atoms with E-state index in [0.717, 1.165) is 11.1 Å². The summed E-state index contributed by atoms with van der Waals surface area (Å²) in [5, 5.41) is 8.63. The van der Waals surface area contributed by atoms with E-state index < -0.39 is 5.66 Å². The number of hydrogen-bond donors (Lipinski definition) is 3. The molecule has 0 aliphatic carbocycles. The van der Waals surface area contributed by atoms with Gasteiger partial charge < -0.3 is 21.4 Å². The zero-order valence-corrected chi connectivity index (χ0v) is 13.4. The second kappa shape index (κ2) is 9.94. The van der Waals surface area contributed by atoms with Gasteiger partial charge in [-0.3, -0.25) is 0 Å². The summed E-state index contributed by atoms with van der Waals surface area (Å²) >= 11 is 0. The fraction of sp³-hybridized carbons (Fsp3) is 0.0500. The minimum absolute atomic E-state index is 0.322. The van der Waals surface area contributed by atoms with Gasteiger partial charge in [0.15, 0.2) is 0 Å². The van der Waals surface area contributed by atoms with Gasteiger partial charge in [0.2, 0.25) is 0 Å². The summed E-state index contributed by atoms with van der Waals surface area (Å²) in [6.07, 6.45) is 0. The standard InChI is InChI=1S/C13H14N2.C6H6O.CH2O/c14-13(15,11-7-3-1-4-8-11)12-9-5-2-6-10-12;7-6-4-2-1-3-5-6;1-2/h1-10H,14-15H2;1-5,7H;1H2. The highest BCUT2D eigenvalue weighted by atomic mass is 16.3. The molecular formula is C20H22N2O2. The molecule has 0 bridgehead atoms. The number of carbonyl (C=O) groups excluding carboxylic acids is 1. The van der Waals surface area contributed by atoms with Crippen molar-refractivity contribution in [2.45, 2.75) is 5.66 Å². The van der Waals surface area contributed by atoms with E-state index in [-0.39, 0.29) is 0 Å². The number of carbonyl (C=O) groups is 1. The molecule has 0 unspecified atom stereocenters. The number of nitrogens with two attached hydrogens (primary N) is 2. The number of rotatable bonds is 2. The van der Waals surface area contributed by atoms with Crippen LogP contribution in [0, 0.1) is 0 Å². The highest BCUT2D eigenvalue weighted by Crippen LogP contribution is 2.20. The van der Waals surface area contributed by atoms with E-state index in [2.05, 4.69) is 0 Å². The van der Waals surface area contributed by atoms with E-state index in [1.807, 2.05) is 73.5 Å². The van der Waals surface area contributed by atoms with Crippen molar-refractivity contribution in [1.82, 2.24) is 0 Å². The Morgan fingerprint density at radius 1 is 0.625 bits per heavy atom. The van der Waals surface area contributed by atoms with Crippen LogP contribution in [0.1, 0.15) is 11.1 Å². The number of hydrogen-bond acceptors (Lipinski definition) is 4. The van der Waals surface area contributed by atoms with Crippen LogP contribution >= 0.6 is 0 Å². The van der Waals surface area contributed by atoms with Crippen LogP contribution < -0.4 is 11.5 Å². The topological polar surface area (TPSA) is 89.3 Å². The van der Waals surface area contributed by atoms with E-state index in [9.17, 15) is 0 Å². The predicted molar refractivity (Wildman–Crippen MR) is 97.3 cm³/mol. The van der Waals surface area contributed by atoms with E-state index in [0.29, 0.717) is 5.75 Å². The zero-order chi connectivity index (χ0) is 17.8. The van der Waals surface area contributed by atoms with Crippen LogP contribution in [0.25, 0.3) is 0 Å². The molecule has 0 aliphatic heterocycles. The second-order valence-electron chi connectivity index (χ2n) is 4.94.